The van der Waals surface area contributed by atoms with E-state index in [1.807, 2.05) is 0 Å². The predicted octanol–water partition coefficient (Wildman–Crippen LogP) is 0.493. The molecule has 13 heavy (non-hydrogen) atoms. The summed E-state index contributed by atoms with van der Waals surface area (Å²) in [6.45, 7) is 1.58. The average Bonchev–Trinajstić information content (AvgIpc) is 1.98. The van der Waals surface area contributed by atoms with Crippen molar-refractivity contribution in [3.8, 4) is 11.8 Å². The Morgan fingerprint density at radius 1 is 1.54 bits per heavy atom. The third kappa shape index (κ3) is 7.50. The number of carbonyl (C=O) groups is 1. The summed E-state index contributed by atoms with van der Waals surface area (Å²) in [6.07, 6.45) is 1.33. The quantitative estimate of drug-likeness (QED) is 0.402. The number of hydrogen-bond donors (Lipinski definition) is 1. The van der Waals surface area contributed by atoms with Crippen LogP contribution in [0.5, 0.6) is 0 Å². The van der Waals surface area contributed by atoms with Crippen molar-refractivity contribution in [3.05, 3.63) is 0 Å². The zero-order valence-corrected chi connectivity index (χ0v) is 8.17. The summed E-state index contributed by atoms with van der Waals surface area (Å²) < 4.78 is 29.5. The Morgan fingerprint density at radius 3 is 2.54 bits per heavy atom. The maximum Gasteiger partial charge on any atom is 0.266 e. The van der Waals surface area contributed by atoms with Crippen molar-refractivity contribution in [1.82, 2.24) is 0 Å². The van der Waals surface area contributed by atoms with Crippen LogP contribution in [0.3, 0.4) is 0 Å². The molecule has 0 fully saturated rings. The molecule has 4 nitrogen and oxygen atoms in total. The first-order valence-electron chi connectivity index (χ1n) is 3.80. The van der Waals surface area contributed by atoms with Crippen LogP contribution in [0.1, 0.15) is 19.8 Å². The lowest BCUT2D eigenvalue weighted by Gasteiger charge is -2.05. The van der Waals surface area contributed by atoms with Gasteiger partial charge in [-0.2, -0.15) is 8.42 Å². The molecule has 0 aromatic carbocycles. The van der Waals surface area contributed by atoms with E-state index in [1.165, 1.54) is 0 Å². The first kappa shape index (κ1) is 12.1. The smallest absolute Gasteiger partial charge is 0.266 e. The molecule has 0 radical (unpaired) electrons. The Hall–Kier alpha value is -0.860. The molecule has 1 N–H and O–H groups in total. The normalized spacial score (nSPS) is 12.8. The van der Waals surface area contributed by atoms with Crippen molar-refractivity contribution in [3.63, 3.8) is 0 Å². The van der Waals surface area contributed by atoms with Crippen molar-refractivity contribution >= 4 is 16.4 Å². The number of carbonyl (C=O) groups excluding carboxylic acids is 1. The van der Waals surface area contributed by atoms with Crippen molar-refractivity contribution < 1.29 is 17.8 Å². The summed E-state index contributed by atoms with van der Waals surface area (Å²) in [5, 5.41) is 0. The third-order valence-electron chi connectivity index (χ3n) is 1.39. The van der Waals surface area contributed by atoms with Gasteiger partial charge in [0.05, 0.1) is 5.75 Å². The van der Waals surface area contributed by atoms with Gasteiger partial charge in [0, 0.05) is 12.3 Å². The van der Waals surface area contributed by atoms with Crippen LogP contribution in [0.2, 0.25) is 0 Å². The van der Waals surface area contributed by atoms with Crippen LogP contribution in [0.15, 0.2) is 0 Å². The molecule has 0 rings (SSSR count). The molecular formula is C8H12O4S. The van der Waals surface area contributed by atoms with Gasteiger partial charge in [0.15, 0.2) is 0 Å². The van der Waals surface area contributed by atoms with E-state index in [4.69, 9.17) is 4.55 Å². The molecule has 74 valence electrons. The van der Waals surface area contributed by atoms with Crippen LogP contribution in [0.25, 0.3) is 0 Å². The predicted molar refractivity (Wildman–Crippen MR) is 48.7 cm³/mol. The maximum atomic E-state index is 10.5. The lowest BCUT2D eigenvalue weighted by Crippen LogP contribution is -2.14. The Balaban J connectivity index is 4.23. The Kier molecular flexibility index (Phi) is 5.35. The second kappa shape index (κ2) is 5.73. The van der Waals surface area contributed by atoms with E-state index in [9.17, 15) is 13.2 Å². The third-order valence-corrected chi connectivity index (χ3v) is 2.22. The highest BCUT2D eigenvalue weighted by Crippen LogP contribution is 2.06. The molecule has 0 saturated heterocycles. The van der Waals surface area contributed by atoms with Gasteiger partial charge >= 0.3 is 0 Å². The fraction of sp³-hybridized carbons (Fsp3) is 0.625. The summed E-state index contributed by atoms with van der Waals surface area (Å²) in [5.41, 5.74) is 0. The molecule has 0 saturated carbocycles. The van der Waals surface area contributed by atoms with E-state index >= 15 is 0 Å². The SMILES string of the molecule is CC#CC(CCC=O)CS(=O)(=O)O. The Bertz CT molecular complexity index is 307. The fourth-order valence-electron chi connectivity index (χ4n) is 0.925. The zero-order valence-electron chi connectivity index (χ0n) is 7.36. The monoisotopic (exact) mass is 204 g/mol. The van der Waals surface area contributed by atoms with Crippen LogP contribution in [-0.4, -0.2) is 25.0 Å². The van der Waals surface area contributed by atoms with E-state index in [-0.39, 0.29) is 6.42 Å². The summed E-state index contributed by atoms with van der Waals surface area (Å²) in [4.78, 5) is 10.0. The first-order chi connectivity index (χ1) is 5.99. The zero-order chi connectivity index (χ0) is 10.3. The molecule has 0 aliphatic heterocycles. The van der Waals surface area contributed by atoms with Gasteiger partial charge in [-0.25, -0.2) is 0 Å². The minimum Gasteiger partial charge on any atom is -0.303 e. The molecule has 0 amide bonds. The van der Waals surface area contributed by atoms with Gasteiger partial charge in [-0.3, -0.25) is 4.55 Å². The first-order valence-corrected chi connectivity index (χ1v) is 5.41. The lowest BCUT2D eigenvalue weighted by molar-refractivity contribution is -0.108. The van der Waals surface area contributed by atoms with E-state index in [0.717, 1.165) is 0 Å². The van der Waals surface area contributed by atoms with Gasteiger partial charge in [0.2, 0.25) is 0 Å². The fourth-order valence-corrected chi connectivity index (χ4v) is 1.68. The van der Waals surface area contributed by atoms with Gasteiger partial charge in [-0.05, 0) is 13.3 Å². The molecular weight excluding hydrogens is 192 g/mol. The highest BCUT2D eigenvalue weighted by atomic mass is 32.2. The van der Waals surface area contributed by atoms with Crippen LogP contribution in [0.4, 0.5) is 0 Å². The van der Waals surface area contributed by atoms with Crippen molar-refractivity contribution in [2.45, 2.75) is 19.8 Å². The molecule has 0 aliphatic carbocycles. The van der Waals surface area contributed by atoms with E-state index in [2.05, 4.69) is 11.8 Å². The summed E-state index contributed by atoms with van der Waals surface area (Å²) in [5.74, 6) is 4.33. The van der Waals surface area contributed by atoms with Crippen LogP contribution >= 0.6 is 0 Å². The van der Waals surface area contributed by atoms with Gasteiger partial charge in [0.1, 0.15) is 6.29 Å². The Morgan fingerprint density at radius 2 is 2.15 bits per heavy atom. The van der Waals surface area contributed by atoms with Gasteiger partial charge < -0.3 is 4.79 Å². The summed E-state index contributed by atoms with van der Waals surface area (Å²) in [6, 6.07) is 0. The van der Waals surface area contributed by atoms with E-state index in [1.54, 1.807) is 6.92 Å². The highest BCUT2D eigenvalue weighted by Gasteiger charge is 2.13. The summed E-state index contributed by atoms with van der Waals surface area (Å²) in [7, 11) is -3.99. The van der Waals surface area contributed by atoms with Crippen molar-refractivity contribution in [2.75, 3.05) is 5.75 Å². The molecule has 0 bridgehead atoms. The molecule has 1 unspecified atom stereocenters. The highest BCUT2D eigenvalue weighted by molar-refractivity contribution is 7.85. The minimum absolute atomic E-state index is 0.259. The second-order valence-electron chi connectivity index (χ2n) is 2.58. The maximum absolute atomic E-state index is 10.5. The van der Waals surface area contributed by atoms with Crippen molar-refractivity contribution in [2.24, 2.45) is 5.92 Å². The summed E-state index contributed by atoms with van der Waals surface area (Å²) >= 11 is 0. The topological polar surface area (TPSA) is 71.4 Å². The standard InChI is InChI=1S/C8H12O4S/c1-2-4-8(5-3-6-9)7-13(10,11)12/h6,8H,3,5,7H2,1H3,(H,10,11,12). The second-order valence-corrected chi connectivity index (χ2v) is 4.08. The largest absolute Gasteiger partial charge is 0.303 e. The molecule has 0 heterocycles. The van der Waals surface area contributed by atoms with E-state index < -0.39 is 21.8 Å². The Labute approximate surface area is 78.1 Å². The molecule has 0 spiro atoms. The molecule has 0 aliphatic rings. The number of aldehydes is 1. The molecule has 0 aromatic heterocycles. The molecule has 0 aromatic rings. The van der Waals surface area contributed by atoms with Gasteiger partial charge in [-0.1, -0.05) is 5.92 Å². The average molecular weight is 204 g/mol. The molecule has 1 atom stereocenters. The number of rotatable bonds is 5. The van der Waals surface area contributed by atoms with Gasteiger partial charge in [0.25, 0.3) is 10.1 Å². The lowest BCUT2D eigenvalue weighted by atomic mass is 10.1. The molecule has 5 heteroatoms. The van der Waals surface area contributed by atoms with Crippen LogP contribution in [0, 0.1) is 17.8 Å². The van der Waals surface area contributed by atoms with Crippen LogP contribution < -0.4 is 0 Å². The van der Waals surface area contributed by atoms with Crippen molar-refractivity contribution in [1.29, 1.82) is 0 Å². The minimum atomic E-state index is -3.99. The van der Waals surface area contributed by atoms with Crippen LogP contribution in [-0.2, 0) is 14.9 Å². The number of hydrogen-bond acceptors (Lipinski definition) is 3. The van der Waals surface area contributed by atoms with E-state index in [0.29, 0.717) is 12.7 Å². The van der Waals surface area contributed by atoms with Gasteiger partial charge in [-0.15, -0.1) is 5.92 Å².